The van der Waals surface area contributed by atoms with E-state index in [9.17, 15) is 5.26 Å². The zero-order chi connectivity index (χ0) is 16.8. The number of pyridine rings is 1. The Morgan fingerprint density at radius 1 is 1.00 bits per heavy atom. The van der Waals surface area contributed by atoms with Gasteiger partial charge in [0.05, 0.1) is 5.56 Å². The molecule has 0 aliphatic carbocycles. The average Bonchev–Trinajstić information content (AvgIpc) is 2.63. The highest BCUT2D eigenvalue weighted by molar-refractivity contribution is 7.99. The van der Waals surface area contributed by atoms with Gasteiger partial charge in [-0.05, 0) is 30.5 Å². The molecule has 0 bridgehead atoms. The van der Waals surface area contributed by atoms with Gasteiger partial charge in [-0.15, -0.1) is 11.8 Å². The number of aromatic nitrogens is 1. The first kappa shape index (κ1) is 16.3. The molecule has 0 aliphatic rings. The van der Waals surface area contributed by atoms with E-state index in [0.717, 1.165) is 34.0 Å². The van der Waals surface area contributed by atoms with Gasteiger partial charge in [0, 0.05) is 17.0 Å². The number of thioether (sulfide) groups is 1. The molecule has 3 heteroatoms. The maximum atomic E-state index is 9.66. The van der Waals surface area contributed by atoms with Crippen molar-refractivity contribution in [1.29, 1.82) is 5.26 Å². The van der Waals surface area contributed by atoms with Crippen LogP contribution in [0.4, 0.5) is 0 Å². The van der Waals surface area contributed by atoms with E-state index in [1.807, 2.05) is 49.4 Å². The number of nitrogens with zero attached hydrogens (tertiary/aromatic N) is 2. The Bertz CT molecular complexity index is 852. The molecule has 3 rings (SSSR count). The SMILES string of the molecule is Cc1cc(-c2ccccc2)c(C#N)c(SCCc2ccccc2)n1. The summed E-state index contributed by atoms with van der Waals surface area (Å²) >= 11 is 1.66. The third kappa shape index (κ3) is 3.84. The molecule has 0 N–H and O–H groups in total. The molecule has 0 saturated carbocycles. The van der Waals surface area contributed by atoms with E-state index < -0.39 is 0 Å². The maximum Gasteiger partial charge on any atom is 0.115 e. The smallest absolute Gasteiger partial charge is 0.115 e. The summed E-state index contributed by atoms with van der Waals surface area (Å²) in [7, 11) is 0. The summed E-state index contributed by atoms with van der Waals surface area (Å²) in [6.45, 7) is 1.98. The van der Waals surface area contributed by atoms with Gasteiger partial charge >= 0.3 is 0 Å². The van der Waals surface area contributed by atoms with Gasteiger partial charge in [0.1, 0.15) is 11.1 Å². The number of benzene rings is 2. The Balaban J connectivity index is 1.85. The maximum absolute atomic E-state index is 9.66. The van der Waals surface area contributed by atoms with Crippen molar-refractivity contribution < 1.29 is 0 Å². The largest absolute Gasteiger partial charge is 0.245 e. The van der Waals surface area contributed by atoms with Gasteiger partial charge < -0.3 is 0 Å². The topological polar surface area (TPSA) is 36.7 Å². The van der Waals surface area contributed by atoms with Crippen molar-refractivity contribution in [2.24, 2.45) is 0 Å². The lowest BCUT2D eigenvalue weighted by molar-refractivity contribution is 1.04. The Hall–Kier alpha value is -2.57. The number of nitriles is 1. The summed E-state index contributed by atoms with van der Waals surface area (Å²) in [5.41, 5.74) is 4.94. The first-order valence-corrected chi connectivity index (χ1v) is 8.90. The van der Waals surface area contributed by atoms with Gasteiger partial charge in [-0.3, -0.25) is 0 Å². The molecule has 0 atom stereocenters. The normalized spacial score (nSPS) is 10.3. The highest BCUT2D eigenvalue weighted by Gasteiger charge is 2.13. The first-order chi connectivity index (χ1) is 11.8. The van der Waals surface area contributed by atoms with Crippen LogP contribution in [-0.2, 0) is 6.42 Å². The van der Waals surface area contributed by atoms with Crippen molar-refractivity contribution in [2.45, 2.75) is 18.4 Å². The molecule has 0 amide bonds. The molecule has 1 aromatic heterocycles. The second-order valence-corrected chi connectivity index (χ2v) is 6.64. The van der Waals surface area contributed by atoms with Crippen LogP contribution in [0.1, 0.15) is 16.8 Å². The lowest BCUT2D eigenvalue weighted by Crippen LogP contribution is -1.97. The third-order valence-corrected chi connectivity index (χ3v) is 4.76. The highest BCUT2D eigenvalue weighted by Crippen LogP contribution is 2.31. The minimum atomic E-state index is 0.671. The number of aryl methyl sites for hydroxylation is 2. The van der Waals surface area contributed by atoms with E-state index >= 15 is 0 Å². The summed E-state index contributed by atoms with van der Waals surface area (Å²) < 4.78 is 0. The zero-order valence-corrected chi connectivity index (χ0v) is 14.4. The molecule has 0 saturated heterocycles. The van der Waals surface area contributed by atoms with Gasteiger partial charge in [-0.2, -0.15) is 5.26 Å². The van der Waals surface area contributed by atoms with E-state index in [0.29, 0.717) is 5.56 Å². The van der Waals surface area contributed by atoms with E-state index in [-0.39, 0.29) is 0 Å². The molecule has 24 heavy (non-hydrogen) atoms. The minimum absolute atomic E-state index is 0.671. The van der Waals surface area contributed by atoms with Crippen LogP contribution in [0.2, 0.25) is 0 Å². The van der Waals surface area contributed by atoms with Crippen molar-refractivity contribution in [3.63, 3.8) is 0 Å². The summed E-state index contributed by atoms with van der Waals surface area (Å²) in [5, 5.41) is 10.5. The van der Waals surface area contributed by atoms with Crippen LogP contribution < -0.4 is 0 Å². The lowest BCUT2D eigenvalue weighted by atomic mass is 10.0. The van der Waals surface area contributed by atoms with Gasteiger partial charge in [-0.25, -0.2) is 4.98 Å². The standard InChI is InChI=1S/C21H18N2S/c1-16-14-19(18-10-6-3-7-11-18)20(15-22)21(23-16)24-13-12-17-8-4-2-5-9-17/h2-11,14H,12-13H2,1H3. The molecule has 0 radical (unpaired) electrons. The summed E-state index contributed by atoms with van der Waals surface area (Å²) in [4.78, 5) is 4.60. The van der Waals surface area contributed by atoms with Crippen LogP contribution in [0.25, 0.3) is 11.1 Å². The van der Waals surface area contributed by atoms with Gasteiger partial charge in [0.2, 0.25) is 0 Å². The minimum Gasteiger partial charge on any atom is -0.245 e. The lowest BCUT2D eigenvalue weighted by Gasteiger charge is -2.10. The van der Waals surface area contributed by atoms with Crippen LogP contribution in [-0.4, -0.2) is 10.7 Å². The molecule has 118 valence electrons. The van der Waals surface area contributed by atoms with Crippen LogP contribution in [0.5, 0.6) is 0 Å². The third-order valence-electron chi connectivity index (χ3n) is 3.78. The Morgan fingerprint density at radius 3 is 2.33 bits per heavy atom. The van der Waals surface area contributed by atoms with Gasteiger partial charge in [-0.1, -0.05) is 60.7 Å². The van der Waals surface area contributed by atoms with Crippen LogP contribution in [0.3, 0.4) is 0 Å². The van der Waals surface area contributed by atoms with Gasteiger partial charge in [0.15, 0.2) is 0 Å². The highest BCUT2D eigenvalue weighted by atomic mass is 32.2. The molecule has 2 nitrogen and oxygen atoms in total. The van der Waals surface area contributed by atoms with E-state index in [1.54, 1.807) is 11.8 Å². The molecule has 0 unspecified atom stereocenters. The van der Waals surface area contributed by atoms with Crippen molar-refractivity contribution in [2.75, 3.05) is 5.75 Å². The fourth-order valence-corrected chi connectivity index (χ4v) is 3.65. The fraction of sp³-hybridized carbons (Fsp3) is 0.143. The Morgan fingerprint density at radius 2 is 1.67 bits per heavy atom. The average molecular weight is 330 g/mol. The predicted molar refractivity (Wildman–Crippen MR) is 100.0 cm³/mol. The van der Waals surface area contributed by atoms with E-state index in [1.165, 1.54) is 5.56 Å². The summed E-state index contributed by atoms with van der Waals surface area (Å²) in [6.07, 6.45) is 0.965. The van der Waals surface area contributed by atoms with Crippen LogP contribution in [0.15, 0.2) is 71.8 Å². The summed E-state index contributed by atoms with van der Waals surface area (Å²) in [6, 6.07) is 24.8. The molecule has 0 aliphatic heterocycles. The second-order valence-electron chi connectivity index (χ2n) is 5.55. The molecule has 0 fully saturated rings. The molecule has 2 aromatic carbocycles. The fourth-order valence-electron chi connectivity index (χ4n) is 2.61. The van der Waals surface area contributed by atoms with Crippen LogP contribution in [0, 0.1) is 18.3 Å². The quantitative estimate of drug-likeness (QED) is 0.598. The predicted octanol–water partition coefficient (Wildman–Crippen LogP) is 5.26. The van der Waals surface area contributed by atoms with Crippen molar-refractivity contribution >= 4 is 11.8 Å². The monoisotopic (exact) mass is 330 g/mol. The zero-order valence-electron chi connectivity index (χ0n) is 13.6. The Labute approximate surface area is 147 Å². The molecular formula is C21H18N2S. The molecular weight excluding hydrogens is 312 g/mol. The van der Waals surface area contributed by atoms with E-state index in [4.69, 9.17) is 0 Å². The van der Waals surface area contributed by atoms with Crippen LogP contribution >= 0.6 is 11.8 Å². The van der Waals surface area contributed by atoms with E-state index in [2.05, 4.69) is 35.3 Å². The van der Waals surface area contributed by atoms with Crippen molar-refractivity contribution in [1.82, 2.24) is 4.98 Å². The Kier molecular flexibility index (Phi) is 5.30. The van der Waals surface area contributed by atoms with Crippen molar-refractivity contribution in [3.05, 3.63) is 83.6 Å². The number of hydrogen-bond donors (Lipinski definition) is 0. The number of rotatable bonds is 5. The summed E-state index contributed by atoms with van der Waals surface area (Å²) in [5.74, 6) is 0.906. The number of hydrogen-bond acceptors (Lipinski definition) is 3. The second kappa shape index (κ2) is 7.81. The molecule has 1 heterocycles. The van der Waals surface area contributed by atoms with Gasteiger partial charge in [0.25, 0.3) is 0 Å². The molecule has 0 spiro atoms. The first-order valence-electron chi connectivity index (χ1n) is 7.92. The van der Waals surface area contributed by atoms with Crippen molar-refractivity contribution in [3.8, 4) is 17.2 Å². The molecule has 3 aromatic rings.